The standard InChI is InChI=1S/C33H24N6O2/c1-21-28-29(23-11-4-2-5-12-23)30-31-35-27(19-40-26-17-16-22-10-8-9-13-24(22)18-26)37-38(31)20-34-32(30)41-33(28)39(36-21)25-14-6-3-7-15-25/h2-18,20,29H,19H2,1H3. The number of ether oxygens (including phenoxy) is 2. The molecular formula is C33H24N6O2. The zero-order valence-corrected chi connectivity index (χ0v) is 22.2. The second kappa shape index (κ2) is 9.31. The van der Waals surface area contributed by atoms with E-state index in [4.69, 9.17) is 24.7 Å². The lowest BCUT2D eigenvalue weighted by Gasteiger charge is -2.26. The maximum Gasteiger partial charge on any atom is 0.230 e. The lowest BCUT2D eigenvalue weighted by Crippen LogP contribution is -2.16. The van der Waals surface area contributed by atoms with Gasteiger partial charge in [-0.05, 0) is 47.5 Å². The molecule has 0 spiro atoms. The minimum atomic E-state index is -0.193. The Balaban J connectivity index is 1.22. The number of aromatic nitrogens is 6. The van der Waals surface area contributed by atoms with Crippen molar-refractivity contribution in [1.82, 2.24) is 29.4 Å². The lowest BCUT2D eigenvalue weighted by molar-refractivity contribution is 0.296. The summed E-state index contributed by atoms with van der Waals surface area (Å²) in [5, 5.41) is 11.9. The Kier molecular flexibility index (Phi) is 5.31. The predicted octanol–water partition coefficient (Wildman–Crippen LogP) is 6.64. The highest BCUT2D eigenvalue weighted by Gasteiger charge is 2.38. The highest BCUT2D eigenvalue weighted by molar-refractivity contribution is 5.83. The average molecular weight is 537 g/mol. The van der Waals surface area contributed by atoms with Gasteiger partial charge in [0, 0.05) is 0 Å². The number of para-hydroxylation sites is 1. The fourth-order valence-corrected chi connectivity index (χ4v) is 5.61. The van der Waals surface area contributed by atoms with Crippen LogP contribution in [0.2, 0.25) is 0 Å². The Labute approximate surface area is 235 Å². The number of hydrogen-bond donors (Lipinski definition) is 0. The Morgan fingerprint density at radius 3 is 2.39 bits per heavy atom. The fourth-order valence-electron chi connectivity index (χ4n) is 5.61. The van der Waals surface area contributed by atoms with Gasteiger partial charge in [-0.2, -0.15) is 5.10 Å². The summed E-state index contributed by atoms with van der Waals surface area (Å²) in [5.74, 6) is 2.28. The molecule has 0 N–H and O–H groups in total. The van der Waals surface area contributed by atoms with Gasteiger partial charge in [-0.25, -0.2) is 19.2 Å². The number of rotatable bonds is 5. The van der Waals surface area contributed by atoms with E-state index in [1.54, 1.807) is 10.8 Å². The molecule has 0 bridgehead atoms. The summed E-state index contributed by atoms with van der Waals surface area (Å²) >= 11 is 0. The van der Waals surface area contributed by atoms with Crippen LogP contribution in [0.4, 0.5) is 0 Å². The van der Waals surface area contributed by atoms with Crippen LogP contribution in [0.25, 0.3) is 22.1 Å². The quantitative estimate of drug-likeness (QED) is 0.245. The van der Waals surface area contributed by atoms with Crippen molar-refractivity contribution in [3.8, 4) is 23.2 Å². The molecule has 0 amide bonds. The summed E-state index contributed by atoms with van der Waals surface area (Å²) in [4.78, 5) is 9.61. The van der Waals surface area contributed by atoms with E-state index in [2.05, 4.69) is 35.3 Å². The third-order valence-electron chi connectivity index (χ3n) is 7.49. The van der Waals surface area contributed by atoms with Crippen LogP contribution in [-0.2, 0) is 6.61 Å². The molecule has 8 nitrogen and oxygen atoms in total. The lowest BCUT2D eigenvalue weighted by atomic mass is 9.84. The van der Waals surface area contributed by atoms with Crippen LogP contribution in [0.5, 0.6) is 17.5 Å². The minimum Gasteiger partial charge on any atom is -0.486 e. The third-order valence-corrected chi connectivity index (χ3v) is 7.49. The summed E-state index contributed by atoms with van der Waals surface area (Å²) in [6, 6.07) is 34.6. The fraction of sp³-hybridized carbons (Fsp3) is 0.0909. The molecule has 4 heterocycles. The Bertz CT molecular complexity index is 2050. The van der Waals surface area contributed by atoms with Gasteiger partial charge in [0.1, 0.15) is 18.7 Å². The first-order chi connectivity index (χ1) is 20.2. The molecule has 7 aromatic rings. The Morgan fingerprint density at radius 1 is 0.805 bits per heavy atom. The molecule has 8 heteroatoms. The van der Waals surface area contributed by atoms with Gasteiger partial charge in [0.05, 0.1) is 28.4 Å². The molecule has 0 aliphatic carbocycles. The molecule has 1 aliphatic rings. The van der Waals surface area contributed by atoms with Gasteiger partial charge in [0.25, 0.3) is 0 Å². The van der Waals surface area contributed by atoms with Crippen LogP contribution in [-0.4, -0.2) is 29.4 Å². The highest BCUT2D eigenvalue weighted by atomic mass is 16.5. The van der Waals surface area contributed by atoms with E-state index in [-0.39, 0.29) is 12.5 Å². The van der Waals surface area contributed by atoms with Gasteiger partial charge >= 0.3 is 0 Å². The number of benzene rings is 4. The van der Waals surface area contributed by atoms with E-state index in [1.807, 2.05) is 84.4 Å². The van der Waals surface area contributed by atoms with E-state index in [9.17, 15) is 0 Å². The minimum absolute atomic E-state index is 0.193. The molecule has 0 fully saturated rings. The Morgan fingerprint density at radius 2 is 1.56 bits per heavy atom. The summed E-state index contributed by atoms with van der Waals surface area (Å²) in [6.07, 6.45) is 1.64. The van der Waals surface area contributed by atoms with Gasteiger partial charge in [-0.1, -0.05) is 78.9 Å². The second-order valence-electron chi connectivity index (χ2n) is 10.1. The summed E-state index contributed by atoms with van der Waals surface area (Å²) in [7, 11) is 0. The summed E-state index contributed by atoms with van der Waals surface area (Å²) < 4.78 is 16.2. The molecule has 0 saturated heterocycles. The second-order valence-corrected chi connectivity index (χ2v) is 10.1. The van der Waals surface area contributed by atoms with Crippen LogP contribution >= 0.6 is 0 Å². The number of hydrogen-bond acceptors (Lipinski definition) is 6. The molecule has 0 saturated carbocycles. The average Bonchev–Trinajstić information content (AvgIpc) is 3.60. The molecule has 4 aromatic carbocycles. The van der Waals surface area contributed by atoms with Crippen LogP contribution in [0.1, 0.15) is 34.1 Å². The van der Waals surface area contributed by atoms with Gasteiger partial charge in [0.15, 0.2) is 11.5 Å². The first-order valence-electron chi connectivity index (χ1n) is 13.5. The van der Waals surface area contributed by atoms with Gasteiger partial charge in [-0.3, -0.25) is 0 Å². The van der Waals surface area contributed by atoms with E-state index >= 15 is 0 Å². The summed E-state index contributed by atoms with van der Waals surface area (Å²) in [6.45, 7) is 2.24. The van der Waals surface area contributed by atoms with Crippen molar-refractivity contribution in [2.45, 2.75) is 19.4 Å². The largest absolute Gasteiger partial charge is 0.486 e. The highest BCUT2D eigenvalue weighted by Crippen LogP contribution is 2.49. The molecule has 41 heavy (non-hydrogen) atoms. The topological polar surface area (TPSA) is 79.4 Å². The van der Waals surface area contributed by atoms with Gasteiger partial charge in [0.2, 0.25) is 11.8 Å². The first-order valence-corrected chi connectivity index (χ1v) is 13.5. The number of fused-ring (bicyclic) bond motifs is 5. The van der Waals surface area contributed by atoms with E-state index in [1.165, 1.54) is 5.39 Å². The molecule has 1 aliphatic heterocycles. The smallest absolute Gasteiger partial charge is 0.230 e. The van der Waals surface area contributed by atoms with Gasteiger partial charge < -0.3 is 9.47 Å². The SMILES string of the molecule is Cc1nn(-c2ccccc2)c2c1C(c1ccccc1)c1c(ncn3nc(COc4ccc5ccccc5c4)nc13)O2. The maximum atomic E-state index is 6.50. The predicted molar refractivity (Wildman–Crippen MR) is 155 cm³/mol. The monoisotopic (exact) mass is 536 g/mol. The van der Waals surface area contributed by atoms with Crippen LogP contribution in [0, 0.1) is 6.92 Å². The molecule has 198 valence electrons. The first kappa shape index (κ1) is 23.4. The molecule has 0 radical (unpaired) electrons. The number of nitrogens with zero attached hydrogens (tertiary/aromatic N) is 6. The van der Waals surface area contributed by atoms with Crippen LogP contribution < -0.4 is 9.47 Å². The van der Waals surface area contributed by atoms with Crippen molar-refractivity contribution in [3.63, 3.8) is 0 Å². The van der Waals surface area contributed by atoms with Crippen molar-refractivity contribution in [2.24, 2.45) is 0 Å². The van der Waals surface area contributed by atoms with Crippen molar-refractivity contribution < 1.29 is 9.47 Å². The normalized spacial score (nSPS) is 14.0. The summed E-state index contributed by atoms with van der Waals surface area (Å²) in [5.41, 5.74) is 5.42. The van der Waals surface area contributed by atoms with Crippen LogP contribution in [0.3, 0.4) is 0 Å². The van der Waals surface area contributed by atoms with Crippen molar-refractivity contribution in [1.29, 1.82) is 0 Å². The zero-order chi connectivity index (χ0) is 27.3. The zero-order valence-electron chi connectivity index (χ0n) is 22.2. The number of aryl methyl sites for hydroxylation is 1. The van der Waals surface area contributed by atoms with E-state index < -0.39 is 0 Å². The molecule has 1 unspecified atom stereocenters. The van der Waals surface area contributed by atoms with Crippen LogP contribution in [0.15, 0.2) is 109 Å². The molecule has 8 rings (SSSR count). The molecular weight excluding hydrogens is 512 g/mol. The van der Waals surface area contributed by atoms with Gasteiger partial charge in [-0.15, -0.1) is 5.10 Å². The maximum absolute atomic E-state index is 6.50. The molecule has 3 aromatic heterocycles. The van der Waals surface area contributed by atoms with Crippen molar-refractivity contribution in [2.75, 3.05) is 0 Å². The molecule has 1 atom stereocenters. The Hall–Kier alpha value is -5.50. The third kappa shape index (κ3) is 3.91. The van der Waals surface area contributed by atoms with E-state index in [0.29, 0.717) is 23.2 Å². The van der Waals surface area contributed by atoms with Crippen molar-refractivity contribution in [3.05, 3.63) is 138 Å². The van der Waals surface area contributed by atoms with E-state index in [0.717, 1.165) is 39.2 Å². The van der Waals surface area contributed by atoms with Crippen molar-refractivity contribution >= 4 is 16.4 Å².